The van der Waals surface area contributed by atoms with Gasteiger partial charge in [0.25, 0.3) is 0 Å². The van der Waals surface area contributed by atoms with Crippen LogP contribution in [0.3, 0.4) is 0 Å². The fourth-order valence-electron chi connectivity index (χ4n) is 1.89. The van der Waals surface area contributed by atoms with Crippen LogP contribution < -0.4 is 5.73 Å². The van der Waals surface area contributed by atoms with Crippen LogP contribution in [0.15, 0.2) is 54.7 Å². The van der Waals surface area contributed by atoms with E-state index in [1.165, 1.54) is 0 Å². The number of nitrogens with two attached hydrogens (primary N) is 1. The third-order valence-electron chi connectivity index (χ3n) is 2.84. The second-order valence-electron chi connectivity index (χ2n) is 4.10. The van der Waals surface area contributed by atoms with Gasteiger partial charge in [-0.2, -0.15) is 0 Å². The smallest absolute Gasteiger partial charge is 0.0945 e. The number of anilines is 1. The summed E-state index contributed by atoms with van der Waals surface area (Å²) in [6.45, 7) is 0. The number of nitrogens with zero attached hydrogens (tertiary/aromatic N) is 3. The van der Waals surface area contributed by atoms with E-state index in [0.29, 0.717) is 10.7 Å². The molecule has 0 bridgehead atoms. The summed E-state index contributed by atoms with van der Waals surface area (Å²) in [5.74, 6) is 0. The fourth-order valence-corrected chi connectivity index (χ4v) is 2.01. The number of nitrogen functional groups attached to an aromatic ring is 1. The molecule has 0 radical (unpaired) electrons. The van der Waals surface area contributed by atoms with Crippen molar-refractivity contribution in [3.63, 3.8) is 0 Å². The van der Waals surface area contributed by atoms with Crippen LogP contribution in [0.25, 0.3) is 16.9 Å². The van der Waals surface area contributed by atoms with Gasteiger partial charge in [-0.1, -0.05) is 41.1 Å². The van der Waals surface area contributed by atoms with E-state index >= 15 is 0 Å². The Balaban J connectivity index is 2.12. The van der Waals surface area contributed by atoms with Crippen LogP contribution in [-0.4, -0.2) is 15.0 Å². The number of para-hydroxylation sites is 1. The quantitative estimate of drug-likeness (QED) is 0.728. The maximum Gasteiger partial charge on any atom is 0.0945 e. The standard InChI is InChI=1S/C14H11ClN4/c15-12-7-6-10(8-13(12)16)14-9-17-18-19(14)11-4-2-1-3-5-11/h1-9H,16H2. The van der Waals surface area contributed by atoms with Crippen LogP contribution >= 0.6 is 11.6 Å². The van der Waals surface area contributed by atoms with Crippen LogP contribution in [0, 0.1) is 0 Å². The van der Waals surface area contributed by atoms with E-state index < -0.39 is 0 Å². The van der Waals surface area contributed by atoms with E-state index in [4.69, 9.17) is 17.3 Å². The number of halogens is 1. The SMILES string of the molecule is Nc1cc(-c2cnnn2-c2ccccc2)ccc1Cl. The Kier molecular flexibility index (Phi) is 2.93. The van der Waals surface area contributed by atoms with Gasteiger partial charge in [0.05, 0.1) is 28.3 Å². The molecule has 0 aliphatic heterocycles. The van der Waals surface area contributed by atoms with Gasteiger partial charge in [0.15, 0.2) is 0 Å². The molecule has 2 aromatic carbocycles. The molecule has 2 N–H and O–H groups in total. The van der Waals surface area contributed by atoms with E-state index in [1.54, 1.807) is 16.9 Å². The highest BCUT2D eigenvalue weighted by molar-refractivity contribution is 6.33. The van der Waals surface area contributed by atoms with Crippen LogP contribution in [-0.2, 0) is 0 Å². The molecule has 0 atom stereocenters. The van der Waals surface area contributed by atoms with Crippen molar-refractivity contribution in [2.45, 2.75) is 0 Å². The van der Waals surface area contributed by atoms with Crippen LogP contribution in [0.2, 0.25) is 5.02 Å². The van der Waals surface area contributed by atoms with Crippen molar-refractivity contribution in [1.29, 1.82) is 0 Å². The molecule has 3 aromatic rings. The lowest BCUT2D eigenvalue weighted by Crippen LogP contribution is -1.99. The van der Waals surface area contributed by atoms with Gasteiger partial charge in [0.2, 0.25) is 0 Å². The Hall–Kier alpha value is -2.33. The van der Waals surface area contributed by atoms with Crippen LogP contribution in [0.4, 0.5) is 5.69 Å². The number of aromatic nitrogens is 3. The van der Waals surface area contributed by atoms with Crippen molar-refractivity contribution >= 4 is 17.3 Å². The normalized spacial score (nSPS) is 10.6. The van der Waals surface area contributed by atoms with Crippen molar-refractivity contribution in [3.05, 3.63) is 59.8 Å². The molecule has 0 amide bonds. The summed E-state index contributed by atoms with van der Waals surface area (Å²) in [4.78, 5) is 0. The summed E-state index contributed by atoms with van der Waals surface area (Å²) >= 11 is 5.94. The number of hydrogen-bond donors (Lipinski definition) is 1. The summed E-state index contributed by atoms with van der Waals surface area (Å²) in [5.41, 5.74) is 9.12. The highest BCUT2D eigenvalue weighted by Gasteiger charge is 2.09. The largest absolute Gasteiger partial charge is 0.398 e. The Morgan fingerprint density at radius 3 is 2.58 bits per heavy atom. The third kappa shape index (κ3) is 2.18. The van der Waals surface area contributed by atoms with Gasteiger partial charge in [-0.25, -0.2) is 4.68 Å². The van der Waals surface area contributed by atoms with Crippen LogP contribution in [0.5, 0.6) is 0 Å². The van der Waals surface area contributed by atoms with Crippen molar-refractivity contribution in [2.75, 3.05) is 5.73 Å². The number of hydrogen-bond acceptors (Lipinski definition) is 3. The van der Waals surface area contributed by atoms with Crippen molar-refractivity contribution in [1.82, 2.24) is 15.0 Å². The maximum atomic E-state index is 5.94. The first kappa shape index (κ1) is 11.7. The summed E-state index contributed by atoms with van der Waals surface area (Å²) in [5, 5.41) is 8.62. The molecule has 4 nitrogen and oxygen atoms in total. The topological polar surface area (TPSA) is 56.7 Å². The molecule has 0 unspecified atom stereocenters. The Morgan fingerprint density at radius 2 is 1.84 bits per heavy atom. The van der Waals surface area contributed by atoms with Crippen LogP contribution in [0.1, 0.15) is 0 Å². The summed E-state index contributed by atoms with van der Waals surface area (Å²) in [6.07, 6.45) is 1.70. The molecule has 0 aliphatic rings. The number of benzene rings is 2. The average Bonchev–Trinajstić information content (AvgIpc) is 2.92. The van der Waals surface area contributed by atoms with Crippen molar-refractivity contribution < 1.29 is 0 Å². The van der Waals surface area contributed by atoms with Gasteiger partial charge in [-0.3, -0.25) is 0 Å². The van der Waals surface area contributed by atoms with Gasteiger partial charge in [-0.15, -0.1) is 5.10 Å². The minimum atomic E-state index is 0.542. The van der Waals surface area contributed by atoms with E-state index in [0.717, 1.165) is 16.9 Å². The Labute approximate surface area is 115 Å². The lowest BCUT2D eigenvalue weighted by atomic mass is 10.1. The fraction of sp³-hybridized carbons (Fsp3) is 0. The van der Waals surface area contributed by atoms with E-state index in [2.05, 4.69) is 10.3 Å². The lowest BCUT2D eigenvalue weighted by molar-refractivity contribution is 0.808. The van der Waals surface area contributed by atoms with E-state index in [-0.39, 0.29) is 0 Å². The molecule has 0 saturated heterocycles. The molecule has 94 valence electrons. The molecule has 19 heavy (non-hydrogen) atoms. The summed E-state index contributed by atoms with van der Waals surface area (Å²) < 4.78 is 1.77. The summed E-state index contributed by atoms with van der Waals surface area (Å²) in [6, 6.07) is 15.3. The average molecular weight is 271 g/mol. The minimum absolute atomic E-state index is 0.542. The maximum absolute atomic E-state index is 5.94. The van der Waals surface area contributed by atoms with Crippen molar-refractivity contribution in [3.8, 4) is 16.9 Å². The molecule has 1 heterocycles. The Morgan fingerprint density at radius 1 is 1.05 bits per heavy atom. The predicted molar refractivity (Wildman–Crippen MR) is 76.2 cm³/mol. The third-order valence-corrected chi connectivity index (χ3v) is 3.19. The second kappa shape index (κ2) is 4.74. The predicted octanol–water partition coefficient (Wildman–Crippen LogP) is 3.17. The first-order valence-corrected chi connectivity index (χ1v) is 6.15. The first-order valence-electron chi connectivity index (χ1n) is 5.77. The highest BCUT2D eigenvalue weighted by Crippen LogP contribution is 2.27. The molecular formula is C14H11ClN4. The molecule has 1 aromatic heterocycles. The van der Waals surface area contributed by atoms with Gasteiger partial charge < -0.3 is 5.73 Å². The van der Waals surface area contributed by atoms with E-state index in [1.807, 2.05) is 42.5 Å². The minimum Gasteiger partial charge on any atom is -0.398 e. The summed E-state index contributed by atoms with van der Waals surface area (Å²) in [7, 11) is 0. The number of rotatable bonds is 2. The first-order chi connectivity index (χ1) is 9.25. The monoisotopic (exact) mass is 270 g/mol. The highest BCUT2D eigenvalue weighted by atomic mass is 35.5. The molecule has 0 saturated carbocycles. The zero-order valence-corrected chi connectivity index (χ0v) is 10.7. The van der Waals surface area contributed by atoms with E-state index in [9.17, 15) is 0 Å². The molecule has 3 rings (SSSR count). The van der Waals surface area contributed by atoms with Gasteiger partial charge in [0.1, 0.15) is 0 Å². The lowest BCUT2D eigenvalue weighted by Gasteiger charge is -2.07. The van der Waals surface area contributed by atoms with Gasteiger partial charge in [0, 0.05) is 5.56 Å². The second-order valence-corrected chi connectivity index (χ2v) is 4.51. The molecule has 5 heteroatoms. The molecule has 0 spiro atoms. The molecule has 0 aliphatic carbocycles. The van der Waals surface area contributed by atoms with Gasteiger partial charge in [-0.05, 0) is 24.3 Å². The Bertz CT molecular complexity index is 706. The zero-order valence-electron chi connectivity index (χ0n) is 9.99. The zero-order chi connectivity index (χ0) is 13.2. The molecular weight excluding hydrogens is 260 g/mol. The molecule has 0 fully saturated rings. The van der Waals surface area contributed by atoms with Crippen molar-refractivity contribution in [2.24, 2.45) is 0 Å². The van der Waals surface area contributed by atoms with Gasteiger partial charge >= 0.3 is 0 Å².